The maximum atomic E-state index is 12.9. The van der Waals surface area contributed by atoms with Gasteiger partial charge in [0.15, 0.2) is 0 Å². The Kier molecular flexibility index (Phi) is 5.03. The van der Waals surface area contributed by atoms with Crippen LogP contribution in [0, 0.1) is 0 Å². The van der Waals surface area contributed by atoms with Crippen molar-refractivity contribution in [3.05, 3.63) is 71.9 Å². The number of benzene rings is 2. The minimum atomic E-state index is -0.0171. The maximum absolute atomic E-state index is 12.9. The lowest BCUT2D eigenvalue weighted by Crippen LogP contribution is -2.36. The van der Waals surface area contributed by atoms with Gasteiger partial charge in [-0.05, 0) is 29.8 Å². The van der Waals surface area contributed by atoms with Crippen molar-refractivity contribution in [2.24, 2.45) is 0 Å². The van der Waals surface area contributed by atoms with E-state index in [1.807, 2.05) is 37.4 Å². The molecule has 0 N–H and O–H groups in total. The molecule has 1 fully saturated rings. The molecule has 0 bridgehead atoms. The van der Waals surface area contributed by atoms with Gasteiger partial charge in [-0.25, -0.2) is 0 Å². The standard InChI is InChI=1S/C22H23N3O2/c1-24(22(26)20-6-2-4-18-5-3-11-23-21(18)20)16-17-7-9-19(10-8-17)25-12-14-27-15-13-25/h2-11H,12-16H2,1H3. The number of amides is 1. The molecule has 138 valence electrons. The Morgan fingerprint density at radius 1 is 1.07 bits per heavy atom. The second kappa shape index (κ2) is 7.76. The highest BCUT2D eigenvalue weighted by molar-refractivity contribution is 6.05. The number of anilines is 1. The summed E-state index contributed by atoms with van der Waals surface area (Å²) in [5.74, 6) is -0.0171. The molecule has 0 radical (unpaired) electrons. The summed E-state index contributed by atoms with van der Waals surface area (Å²) < 4.78 is 5.41. The topological polar surface area (TPSA) is 45.7 Å². The van der Waals surface area contributed by atoms with Crippen molar-refractivity contribution in [2.45, 2.75) is 6.54 Å². The highest BCUT2D eigenvalue weighted by Crippen LogP contribution is 2.20. The molecule has 4 rings (SSSR count). The summed E-state index contributed by atoms with van der Waals surface area (Å²) in [6.07, 6.45) is 1.73. The summed E-state index contributed by atoms with van der Waals surface area (Å²) >= 11 is 0. The number of hydrogen-bond donors (Lipinski definition) is 0. The van der Waals surface area contributed by atoms with E-state index in [0.29, 0.717) is 12.1 Å². The average Bonchev–Trinajstić information content (AvgIpc) is 2.74. The molecule has 5 heteroatoms. The number of morpholine rings is 1. The predicted octanol–water partition coefficient (Wildman–Crippen LogP) is 3.34. The van der Waals surface area contributed by atoms with Crippen molar-refractivity contribution in [3.8, 4) is 0 Å². The number of carbonyl (C=O) groups excluding carboxylic acids is 1. The molecule has 1 aliphatic heterocycles. The van der Waals surface area contributed by atoms with Gasteiger partial charge in [-0.1, -0.05) is 30.3 Å². The highest BCUT2D eigenvalue weighted by Gasteiger charge is 2.16. The van der Waals surface area contributed by atoms with E-state index in [-0.39, 0.29) is 5.91 Å². The van der Waals surface area contributed by atoms with Gasteiger partial charge in [0.1, 0.15) is 0 Å². The predicted molar refractivity (Wildman–Crippen MR) is 107 cm³/mol. The minimum Gasteiger partial charge on any atom is -0.378 e. The molecule has 1 amide bonds. The van der Waals surface area contributed by atoms with Gasteiger partial charge in [-0.2, -0.15) is 0 Å². The van der Waals surface area contributed by atoms with Gasteiger partial charge >= 0.3 is 0 Å². The first kappa shape index (κ1) is 17.5. The van der Waals surface area contributed by atoms with E-state index in [0.717, 1.165) is 42.8 Å². The zero-order valence-electron chi connectivity index (χ0n) is 15.5. The number of rotatable bonds is 4. The molecule has 0 saturated carbocycles. The number of para-hydroxylation sites is 1. The first-order valence-corrected chi connectivity index (χ1v) is 9.23. The van der Waals surface area contributed by atoms with Crippen LogP contribution in [0.4, 0.5) is 5.69 Å². The summed E-state index contributed by atoms with van der Waals surface area (Å²) in [6.45, 7) is 3.96. The second-order valence-corrected chi connectivity index (χ2v) is 6.81. The lowest BCUT2D eigenvalue weighted by molar-refractivity contribution is 0.0787. The number of fused-ring (bicyclic) bond motifs is 1. The number of carbonyl (C=O) groups is 1. The third kappa shape index (κ3) is 3.78. The molecule has 3 aromatic rings. The fourth-order valence-electron chi connectivity index (χ4n) is 3.46. The third-order valence-corrected chi connectivity index (χ3v) is 4.94. The number of ether oxygens (including phenoxy) is 1. The van der Waals surface area contributed by atoms with Gasteiger partial charge in [-0.3, -0.25) is 9.78 Å². The molecule has 1 aliphatic rings. The fourth-order valence-corrected chi connectivity index (χ4v) is 3.46. The van der Waals surface area contributed by atoms with Gasteiger partial charge in [0.05, 0.1) is 24.3 Å². The summed E-state index contributed by atoms with van der Waals surface area (Å²) in [5, 5.41) is 0.978. The second-order valence-electron chi connectivity index (χ2n) is 6.81. The molecular weight excluding hydrogens is 338 g/mol. The monoisotopic (exact) mass is 361 g/mol. The van der Waals surface area contributed by atoms with Crippen LogP contribution < -0.4 is 4.90 Å². The van der Waals surface area contributed by atoms with E-state index >= 15 is 0 Å². The van der Waals surface area contributed by atoms with Gasteiger partial charge in [0, 0.05) is 44.0 Å². The number of hydrogen-bond acceptors (Lipinski definition) is 4. The summed E-state index contributed by atoms with van der Waals surface area (Å²) in [7, 11) is 1.83. The lowest BCUT2D eigenvalue weighted by Gasteiger charge is -2.29. The fraction of sp³-hybridized carbons (Fsp3) is 0.273. The van der Waals surface area contributed by atoms with Gasteiger partial charge < -0.3 is 14.5 Å². The Hall–Kier alpha value is -2.92. The van der Waals surface area contributed by atoms with E-state index in [9.17, 15) is 4.79 Å². The molecule has 27 heavy (non-hydrogen) atoms. The number of pyridine rings is 1. The molecule has 1 saturated heterocycles. The largest absolute Gasteiger partial charge is 0.378 e. The lowest BCUT2D eigenvalue weighted by atomic mass is 10.1. The summed E-state index contributed by atoms with van der Waals surface area (Å²) in [6, 6.07) is 18.0. The first-order chi connectivity index (χ1) is 13.2. The quantitative estimate of drug-likeness (QED) is 0.715. The Morgan fingerprint density at radius 3 is 2.59 bits per heavy atom. The molecule has 5 nitrogen and oxygen atoms in total. The van der Waals surface area contributed by atoms with E-state index < -0.39 is 0 Å². The van der Waals surface area contributed by atoms with Crippen LogP contribution in [0.5, 0.6) is 0 Å². The van der Waals surface area contributed by atoms with E-state index in [1.165, 1.54) is 5.69 Å². The van der Waals surface area contributed by atoms with E-state index in [2.05, 4.69) is 34.1 Å². The van der Waals surface area contributed by atoms with Crippen LogP contribution in [-0.2, 0) is 11.3 Å². The summed E-state index contributed by atoms with van der Waals surface area (Å²) in [5.41, 5.74) is 3.70. The van der Waals surface area contributed by atoms with Gasteiger partial charge in [0.25, 0.3) is 5.91 Å². The van der Waals surface area contributed by atoms with Crippen molar-refractivity contribution in [1.82, 2.24) is 9.88 Å². The van der Waals surface area contributed by atoms with Crippen molar-refractivity contribution >= 4 is 22.5 Å². The van der Waals surface area contributed by atoms with Gasteiger partial charge in [0.2, 0.25) is 0 Å². The molecule has 0 aliphatic carbocycles. The first-order valence-electron chi connectivity index (χ1n) is 9.23. The van der Waals surface area contributed by atoms with Crippen LogP contribution in [-0.4, -0.2) is 49.1 Å². The van der Waals surface area contributed by atoms with Crippen molar-refractivity contribution in [1.29, 1.82) is 0 Å². The molecule has 2 aromatic carbocycles. The minimum absolute atomic E-state index is 0.0171. The maximum Gasteiger partial charge on any atom is 0.256 e. The Labute approximate surface area is 159 Å². The van der Waals surface area contributed by atoms with Gasteiger partial charge in [-0.15, -0.1) is 0 Å². The van der Waals surface area contributed by atoms with E-state index in [1.54, 1.807) is 11.1 Å². The Morgan fingerprint density at radius 2 is 1.81 bits per heavy atom. The average molecular weight is 361 g/mol. The van der Waals surface area contributed by atoms with Crippen molar-refractivity contribution in [2.75, 3.05) is 38.3 Å². The zero-order chi connectivity index (χ0) is 18.6. The molecule has 0 atom stereocenters. The Balaban J connectivity index is 1.48. The summed E-state index contributed by atoms with van der Waals surface area (Å²) in [4.78, 5) is 21.4. The zero-order valence-corrected chi connectivity index (χ0v) is 15.5. The number of nitrogens with zero attached hydrogens (tertiary/aromatic N) is 3. The van der Waals surface area contributed by atoms with Crippen LogP contribution in [0.2, 0.25) is 0 Å². The molecule has 2 heterocycles. The van der Waals surface area contributed by atoms with Crippen LogP contribution >= 0.6 is 0 Å². The third-order valence-electron chi connectivity index (χ3n) is 4.94. The van der Waals surface area contributed by atoms with Crippen molar-refractivity contribution < 1.29 is 9.53 Å². The molecular formula is C22H23N3O2. The molecule has 0 unspecified atom stereocenters. The van der Waals surface area contributed by atoms with Crippen LogP contribution in [0.25, 0.3) is 10.9 Å². The van der Waals surface area contributed by atoms with Crippen LogP contribution in [0.15, 0.2) is 60.8 Å². The van der Waals surface area contributed by atoms with Crippen molar-refractivity contribution in [3.63, 3.8) is 0 Å². The number of aromatic nitrogens is 1. The molecule has 0 spiro atoms. The SMILES string of the molecule is CN(Cc1ccc(N2CCOCC2)cc1)C(=O)c1cccc2cccnc12. The smallest absolute Gasteiger partial charge is 0.256 e. The van der Waals surface area contributed by atoms with Crippen LogP contribution in [0.3, 0.4) is 0 Å². The normalized spacial score (nSPS) is 14.3. The Bertz CT molecular complexity index is 928. The van der Waals surface area contributed by atoms with Crippen LogP contribution in [0.1, 0.15) is 15.9 Å². The van der Waals surface area contributed by atoms with E-state index in [4.69, 9.17) is 4.74 Å². The molecule has 1 aromatic heterocycles. The highest BCUT2D eigenvalue weighted by atomic mass is 16.5.